The van der Waals surface area contributed by atoms with Crippen LogP contribution in [0.4, 0.5) is 9.59 Å². The molecule has 1 saturated carbocycles. The summed E-state index contributed by atoms with van der Waals surface area (Å²) in [6.45, 7) is 2.14. The lowest BCUT2D eigenvalue weighted by Crippen LogP contribution is -2.52. The lowest BCUT2D eigenvalue weighted by Gasteiger charge is -2.33. The van der Waals surface area contributed by atoms with E-state index in [1.165, 1.54) is 25.5 Å². The van der Waals surface area contributed by atoms with E-state index in [9.17, 15) is 9.59 Å². The molecule has 2 aliphatic rings. The molecular formula is C13H21N3O3. The Labute approximate surface area is 113 Å². The van der Waals surface area contributed by atoms with Gasteiger partial charge in [-0.3, -0.25) is 0 Å². The van der Waals surface area contributed by atoms with E-state index in [1.807, 2.05) is 6.20 Å². The smallest absolute Gasteiger partial charge is 0.409 e. The number of carbonyl (C=O) groups excluding carboxylic acids is 2. The Balaban J connectivity index is 1.76. The van der Waals surface area contributed by atoms with Crippen LogP contribution in [0.25, 0.3) is 0 Å². The molecule has 0 bridgehead atoms. The minimum atomic E-state index is -0.326. The molecule has 0 aromatic heterocycles. The highest BCUT2D eigenvalue weighted by Gasteiger charge is 2.24. The Bertz CT molecular complexity index is 365. The predicted molar refractivity (Wildman–Crippen MR) is 70.6 cm³/mol. The van der Waals surface area contributed by atoms with Crippen molar-refractivity contribution in [1.29, 1.82) is 0 Å². The topological polar surface area (TPSA) is 61.9 Å². The molecular weight excluding hydrogens is 246 g/mol. The number of allylic oxidation sites excluding steroid dienone is 1. The maximum absolute atomic E-state index is 11.9. The van der Waals surface area contributed by atoms with Gasteiger partial charge in [-0.2, -0.15) is 0 Å². The summed E-state index contributed by atoms with van der Waals surface area (Å²) >= 11 is 0. The van der Waals surface area contributed by atoms with Crippen LogP contribution in [0.3, 0.4) is 0 Å². The van der Waals surface area contributed by atoms with Crippen LogP contribution in [0.15, 0.2) is 11.8 Å². The third kappa shape index (κ3) is 3.62. The van der Waals surface area contributed by atoms with Gasteiger partial charge in [0, 0.05) is 32.4 Å². The summed E-state index contributed by atoms with van der Waals surface area (Å²) < 4.78 is 4.66. The van der Waals surface area contributed by atoms with E-state index in [1.54, 1.807) is 9.80 Å². The molecule has 0 unspecified atom stereocenters. The largest absolute Gasteiger partial charge is 0.453 e. The van der Waals surface area contributed by atoms with Crippen LogP contribution in [0, 0.1) is 0 Å². The van der Waals surface area contributed by atoms with Crippen LogP contribution in [-0.4, -0.2) is 55.2 Å². The molecule has 1 aliphatic carbocycles. The van der Waals surface area contributed by atoms with Crippen molar-refractivity contribution in [2.45, 2.75) is 25.7 Å². The molecule has 1 saturated heterocycles. The number of hydrogen-bond acceptors (Lipinski definition) is 3. The summed E-state index contributed by atoms with van der Waals surface area (Å²) in [6.07, 6.45) is 6.15. The number of carbonyl (C=O) groups is 2. The van der Waals surface area contributed by atoms with E-state index in [0.29, 0.717) is 26.2 Å². The number of piperazine rings is 1. The fraction of sp³-hybridized carbons (Fsp3) is 0.692. The highest BCUT2D eigenvalue weighted by molar-refractivity contribution is 5.76. The molecule has 0 spiro atoms. The highest BCUT2D eigenvalue weighted by Crippen LogP contribution is 2.22. The van der Waals surface area contributed by atoms with Crippen LogP contribution in [0.5, 0.6) is 0 Å². The van der Waals surface area contributed by atoms with Crippen molar-refractivity contribution in [3.8, 4) is 0 Å². The Morgan fingerprint density at radius 1 is 1.11 bits per heavy atom. The van der Waals surface area contributed by atoms with Crippen LogP contribution >= 0.6 is 0 Å². The number of urea groups is 1. The van der Waals surface area contributed by atoms with Gasteiger partial charge in [0.1, 0.15) is 0 Å². The van der Waals surface area contributed by atoms with Crippen molar-refractivity contribution >= 4 is 12.1 Å². The zero-order chi connectivity index (χ0) is 13.7. The maximum atomic E-state index is 11.9. The lowest BCUT2D eigenvalue weighted by molar-refractivity contribution is 0.0976. The Morgan fingerprint density at radius 3 is 2.26 bits per heavy atom. The van der Waals surface area contributed by atoms with Gasteiger partial charge < -0.3 is 19.9 Å². The number of amides is 3. The zero-order valence-corrected chi connectivity index (χ0v) is 11.4. The summed E-state index contributed by atoms with van der Waals surface area (Å²) in [6, 6.07) is -0.0797. The van der Waals surface area contributed by atoms with Crippen molar-refractivity contribution < 1.29 is 14.3 Å². The average Bonchev–Trinajstić information content (AvgIpc) is 2.97. The summed E-state index contributed by atoms with van der Waals surface area (Å²) in [5.74, 6) is 0. The van der Waals surface area contributed by atoms with Crippen molar-refractivity contribution in [3.63, 3.8) is 0 Å². The van der Waals surface area contributed by atoms with Crippen molar-refractivity contribution in [1.82, 2.24) is 15.1 Å². The first-order valence-electron chi connectivity index (χ1n) is 6.77. The normalized spacial score (nSPS) is 19.3. The molecule has 19 heavy (non-hydrogen) atoms. The van der Waals surface area contributed by atoms with Crippen LogP contribution in [0.1, 0.15) is 25.7 Å². The summed E-state index contributed by atoms with van der Waals surface area (Å²) in [5, 5.41) is 2.84. The summed E-state index contributed by atoms with van der Waals surface area (Å²) in [4.78, 5) is 26.6. The van der Waals surface area contributed by atoms with Crippen molar-refractivity contribution in [2.75, 3.05) is 33.3 Å². The van der Waals surface area contributed by atoms with Gasteiger partial charge in [0.05, 0.1) is 7.11 Å². The second kappa shape index (κ2) is 6.45. The molecule has 0 atom stereocenters. The van der Waals surface area contributed by atoms with E-state index >= 15 is 0 Å². The quantitative estimate of drug-likeness (QED) is 0.784. The maximum Gasteiger partial charge on any atom is 0.409 e. The molecule has 106 valence electrons. The summed E-state index contributed by atoms with van der Waals surface area (Å²) in [5.41, 5.74) is 1.32. The molecule has 6 nitrogen and oxygen atoms in total. The number of methoxy groups -OCH3 is 1. The molecule has 0 aromatic carbocycles. The first-order valence-corrected chi connectivity index (χ1v) is 6.77. The second-order valence-electron chi connectivity index (χ2n) is 4.90. The Hall–Kier alpha value is -1.72. The lowest BCUT2D eigenvalue weighted by atomic mass is 10.2. The molecule has 2 rings (SSSR count). The molecule has 1 N–H and O–H groups in total. The summed E-state index contributed by atoms with van der Waals surface area (Å²) in [7, 11) is 1.37. The number of rotatable bonds is 1. The van der Waals surface area contributed by atoms with Crippen molar-refractivity contribution in [3.05, 3.63) is 11.8 Å². The van der Waals surface area contributed by atoms with E-state index in [0.717, 1.165) is 12.8 Å². The molecule has 1 heterocycles. The molecule has 2 fully saturated rings. The number of ether oxygens (including phenoxy) is 1. The second-order valence-corrected chi connectivity index (χ2v) is 4.90. The van der Waals surface area contributed by atoms with Crippen LogP contribution in [0.2, 0.25) is 0 Å². The molecule has 3 amide bonds. The van der Waals surface area contributed by atoms with E-state index in [-0.39, 0.29) is 12.1 Å². The monoisotopic (exact) mass is 267 g/mol. The average molecular weight is 267 g/mol. The van der Waals surface area contributed by atoms with E-state index < -0.39 is 0 Å². The first kappa shape index (κ1) is 13.7. The number of nitrogens with zero attached hydrogens (tertiary/aromatic N) is 2. The zero-order valence-electron chi connectivity index (χ0n) is 11.4. The third-order valence-corrected chi connectivity index (χ3v) is 3.65. The highest BCUT2D eigenvalue weighted by atomic mass is 16.5. The number of nitrogens with one attached hydrogen (secondary N) is 1. The van der Waals surface area contributed by atoms with Gasteiger partial charge in [0.15, 0.2) is 0 Å². The van der Waals surface area contributed by atoms with Crippen molar-refractivity contribution in [2.24, 2.45) is 0 Å². The van der Waals surface area contributed by atoms with Gasteiger partial charge in [-0.1, -0.05) is 5.57 Å². The van der Waals surface area contributed by atoms with Gasteiger partial charge in [-0.15, -0.1) is 0 Å². The molecule has 0 aromatic rings. The van der Waals surface area contributed by atoms with Gasteiger partial charge in [-0.25, -0.2) is 9.59 Å². The SMILES string of the molecule is COC(=O)N1CCN(C(=O)NC=C2CCCC2)CC1. The molecule has 6 heteroatoms. The molecule has 0 radical (unpaired) electrons. The Kier molecular flexibility index (Phi) is 4.65. The van der Waals surface area contributed by atoms with Gasteiger partial charge in [0.25, 0.3) is 0 Å². The van der Waals surface area contributed by atoms with Gasteiger partial charge >= 0.3 is 12.1 Å². The predicted octanol–water partition coefficient (Wildman–Crippen LogP) is 1.54. The third-order valence-electron chi connectivity index (χ3n) is 3.65. The molecule has 1 aliphatic heterocycles. The fourth-order valence-electron chi connectivity index (χ4n) is 2.45. The fourth-order valence-corrected chi connectivity index (χ4v) is 2.45. The van der Waals surface area contributed by atoms with E-state index in [2.05, 4.69) is 10.1 Å². The Morgan fingerprint density at radius 2 is 1.68 bits per heavy atom. The first-order chi connectivity index (χ1) is 9.20. The van der Waals surface area contributed by atoms with Gasteiger partial charge in [-0.05, 0) is 25.7 Å². The number of hydrogen-bond donors (Lipinski definition) is 1. The van der Waals surface area contributed by atoms with Crippen LogP contribution < -0.4 is 5.32 Å². The van der Waals surface area contributed by atoms with E-state index in [4.69, 9.17) is 0 Å². The van der Waals surface area contributed by atoms with Crippen LogP contribution in [-0.2, 0) is 4.74 Å². The standard InChI is InChI=1S/C13H21N3O3/c1-19-13(18)16-8-6-15(7-9-16)12(17)14-10-11-4-2-3-5-11/h10H,2-9H2,1H3,(H,14,17). The minimum absolute atomic E-state index is 0.0797. The van der Waals surface area contributed by atoms with Gasteiger partial charge in [0.2, 0.25) is 0 Å². The minimum Gasteiger partial charge on any atom is -0.453 e.